The second-order valence-corrected chi connectivity index (χ2v) is 23.3. The van der Waals surface area contributed by atoms with Gasteiger partial charge in [0.25, 0.3) is 44.8 Å². The molecule has 8 nitrogen and oxygen atoms in total. The van der Waals surface area contributed by atoms with E-state index >= 15 is 211 Å². The minimum atomic E-state index is -8.82. The molecule has 4 rings (SSSR count). The van der Waals surface area contributed by atoms with E-state index in [0.717, 1.165) is 0 Å². The number of hydrogen-bond acceptors (Lipinski definition) is 8. The van der Waals surface area contributed by atoms with Crippen LogP contribution in [0.5, 0.6) is 0 Å². The summed E-state index contributed by atoms with van der Waals surface area (Å²) in [5.41, 5.74) is -112. The van der Waals surface area contributed by atoms with Gasteiger partial charge in [0, 0.05) is 56.9 Å². The summed E-state index contributed by atoms with van der Waals surface area (Å²) in [5, 5.41) is 0. The van der Waals surface area contributed by atoms with E-state index in [1.807, 2.05) is 0 Å². The number of ether oxygens (including phenoxy) is 8. The lowest BCUT2D eigenvalue weighted by Gasteiger charge is -2.50. The SMILES string of the molecule is COC(c1cc([B-](c2cc(C(OC)(C(F)(F)F)C(F)(F)F)cc(C(OC)(C(F)(F)F)C(F)(F)F)c2)(c2cc(C(OC)(C(F)(F)F)C(F)(F)F)cc(C(OC)(C(F)(F)F)C(F)(F)F)c2)c2cc(C(OC)(C(F)(F)F)C(F)(F)F)cc(C(OC)(C(F)(F)F)C(F)(F)F)c2)cc(C(OC)(C(F)(F)F)C(F)(F)F)c1)(C(F)(F)F)C(F)(F)F.[H+]. The van der Waals surface area contributed by atoms with Gasteiger partial charge in [-0.05, 0) is 68.8 Å². The molecule has 4 aromatic carbocycles. The highest BCUT2D eigenvalue weighted by molar-refractivity contribution is 7.20. The van der Waals surface area contributed by atoms with Crippen LogP contribution in [0.2, 0.25) is 0 Å². The molecule has 0 radical (unpaired) electrons. The minimum Gasteiger partial charge on any atom is -0.357 e. The summed E-state index contributed by atoms with van der Waals surface area (Å²) >= 11 is 0. The molecule has 0 spiro atoms. The minimum absolute atomic E-state index is 0. The van der Waals surface area contributed by atoms with E-state index in [4.69, 9.17) is 0 Å². The Morgan fingerprint density at radius 1 is 0.150 bits per heavy atom. The molecule has 0 bridgehead atoms. The second-order valence-electron chi connectivity index (χ2n) is 23.3. The first-order chi connectivity index (χ1) is 49.7. The van der Waals surface area contributed by atoms with E-state index in [1.165, 1.54) is 0 Å². The molecule has 0 amide bonds. The fourth-order valence-corrected chi connectivity index (χ4v) is 13.1. The zero-order chi connectivity index (χ0) is 89.6. The summed E-state index contributed by atoms with van der Waals surface area (Å²) in [4.78, 5) is 0. The lowest BCUT2D eigenvalue weighted by molar-refractivity contribution is -0.386. The number of methoxy groups -OCH3 is 8. The van der Waals surface area contributed by atoms with Crippen LogP contribution in [-0.4, -0.2) is 162 Å². The lowest BCUT2D eigenvalue weighted by atomic mass is 9.12. The molecular weight excluding hydrogens is 1720 g/mol. The van der Waals surface area contributed by atoms with Crippen LogP contribution < -0.4 is 21.9 Å². The number of benzene rings is 4. The van der Waals surface area contributed by atoms with Crippen LogP contribution in [0.3, 0.4) is 0 Å². The standard InChI is InChI=1S/C56H36BF48O8/c1-106-33(41(58,59)60,42(61,62)63)21-9-22(34(107-2,43(64,65)66)44(67,68)69)14-29(13-21)57(30-15-23(35(108-3,45(70,71)72)46(73,74)75)10-24(16-30)36(109-4,47(76,77)78)48(79,80)81,31-17-25(37(110-5,49(82,83)84)50(85,86)87)11-26(18-31)38(111-6,51(88,89)90)52(91,92)93)32-19-27(39(112-7,53(94,95)96)54(97,98)99)12-28(20-32)40(113-8,55(100,101)102)56(103,104)105/h9-20H,1-8H3/q-1/p+1. The largest absolute Gasteiger partial charge is 1.00 e. The van der Waals surface area contributed by atoms with Crippen molar-refractivity contribution >= 4 is 28.0 Å². The van der Waals surface area contributed by atoms with Crippen molar-refractivity contribution in [1.29, 1.82) is 0 Å². The molecule has 4 aromatic rings. The zero-order valence-corrected chi connectivity index (χ0v) is 54.9. The van der Waals surface area contributed by atoms with E-state index in [9.17, 15) is 0 Å². The summed E-state index contributed by atoms with van der Waals surface area (Å²) in [6, 6.07) is -26.4. The van der Waals surface area contributed by atoms with E-state index in [2.05, 4.69) is 37.9 Å². The molecule has 648 valence electrons. The van der Waals surface area contributed by atoms with Crippen molar-refractivity contribution in [3.63, 3.8) is 0 Å². The van der Waals surface area contributed by atoms with Crippen molar-refractivity contribution in [2.24, 2.45) is 0 Å². The van der Waals surface area contributed by atoms with E-state index in [1.54, 1.807) is 0 Å². The highest BCUT2D eigenvalue weighted by Crippen LogP contribution is 2.63. The molecule has 113 heavy (non-hydrogen) atoms. The summed E-state index contributed by atoms with van der Waals surface area (Å²) in [5.74, 6) is 0. The third kappa shape index (κ3) is 14.2. The van der Waals surface area contributed by atoms with Crippen molar-refractivity contribution in [1.82, 2.24) is 0 Å². The Kier molecular flexibility index (Phi) is 25.2. The Balaban J connectivity index is 0.0000336. The molecule has 0 fully saturated rings. The van der Waals surface area contributed by atoms with Crippen LogP contribution in [0.4, 0.5) is 211 Å². The van der Waals surface area contributed by atoms with Gasteiger partial charge in [-0.25, -0.2) is 0 Å². The molecule has 0 aliphatic heterocycles. The Morgan fingerprint density at radius 2 is 0.221 bits per heavy atom. The highest BCUT2D eigenvalue weighted by atomic mass is 19.5. The van der Waals surface area contributed by atoms with Gasteiger partial charge in [0.2, 0.25) is 0 Å². The van der Waals surface area contributed by atoms with Crippen LogP contribution in [-0.2, 0) is 82.7 Å². The fourth-order valence-electron chi connectivity index (χ4n) is 13.1. The predicted molar refractivity (Wildman–Crippen MR) is 278 cm³/mol. The molecule has 0 unspecified atom stereocenters. The molecule has 0 saturated heterocycles. The topological polar surface area (TPSA) is 73.8 Å². The van der Waals surface area contributed by atoms with Gasteiger partial charge in [-0.2, -0.15) is 233 Å². The second kappa shape index (κ2) is 28.8. The number of hydrogen-bond donors (Lipinski definition) is 0. The first kappa shape index (κ1) is 98.6. The zero-order valence-electron chi connectivity index (χ0n) is 55.9. The smallest absolute Gasteiger partial charge is 0.357 e. The van der Waals surface area contributed by atoms with Crippen LogP contribution in [0, 0.1) is 0 Å². The predicted octanol–water partition coefficient (Wildman–Crippen LogP) is 18.9. The maximum Gasteiger partial charge on any atom is 1.00 e. The van der Waals surface area contributed by atoms with Crippen molar-refractivity contribution in [2.75, 3.05) is 56.9 Å². The van der Waals surface area contributed by atoms with Gasteiger partial charge in [-0.15, -0.1) is 0 Å². The molecule has 0 heterocycles. The average molecular weight is 1760 g/mol. The molecule has 0 saturated carbocycles. The Bertz CT molecular complexity index is 3170. The fraction of sp³-hybridized carbons (Fsp3) is 0.571. The normalized spacial score (nSPS) is 15.7. The van der Waals surface area contributed by atoms with Crippen LogP contribution >= 0.6 is 0 Å². The first-order valence-electron chi connectivity index (χ1n) is 28.1. The third-order valence-corrected chi connectivity index (χ3v) is 17.9. The van der Waals surface area contributed by atoms with Gasteiger partial charge >= 0.3 is 100 Å². The van der Waals surface area contributed by atoms with Gasteiger partial charge in [0.1, 0.15) is 6.15 Å². The van der Waals surface area contributed by atoms with Gasteiger partial charge in [-0.3, -0.25) is 0 Å². The van der Waals surface area contributed by atoms with Crippen LogP contribution in [0.15, 0.2) is 72.8 Å². The number of rotatable bonds is 20. The molecule has 0 N–H and O–H groups in total. The molecule has 57 heteroatoms. The lowest BCUT2D eigenvalue weighted by Crippen LogP contribution is -2.76. The van der Waals surface area contributed by atoms with Crippen molar-refractivity contribution in [3.8, 4) is 0 Å². The Morgan fingerprint density at radius 3 is 0.274 bits per heavy atom. The molecule has 0 aromatic heterocycles. The van der Waals surface area contributed by atoms with Gasteiger partial charge in [0.05, 0.1) is 0 Å². The summed E-state index contributed by atoms with van der Waals surface area (Å²) < 4.78 is 792. The number of alkyl halides is 48. The quantitative estimate of drug-likeness (QED) is 0.0640. The van der Waals surface area contributed by atoms with Gasteiger partial charge in [-0.1, -0.05) is 48.5 Å². The van der Waals surface area contributed by atoms with Crippen molar-refractivity contribution < 1.29 is 250 Å². The van der Waals surface area contributed by atoms with Crippen molar-refractivity contribution in [2.45, 2.75) is 144 Å². The molecule has 0 atom stereocenters. The van der Waals surface area contributed by atoms with E-state index < -0.39 is 346 Å². The van der Waals surface area contributed by atoms with Crippen LogP contribution in [0.1, 0.15) is 45.9 Å². The Labute approximate surface area is 595 Å². The summed E-state index contributed by atoms with van der Waals surface area (Å²) in [7, 11) is -9.70. The summed E-state index contributed by atoms with van der Waals surface area (Å²) in [6.07, 6.45) is -141. The van der Waals surface area contributed by atoms with E-state index in [0.29, 0.717) is 0 Å². The van der Waals surface area contributed by atoms with Gasteiger partial charge in [0.15, 0.2) is 0 Å². The van der Waals surface area contributed by atoms with Crippen LogP contribution in [0.25, 0.3) is 0 Å². The van der Waals surface area contributed by atoms with Crippen molar-refractivity contribution in [3.05, 3.63) is 117 Å². The highest BCUT2D eigenvalue weighted by Gasteiger charge is 2.82. The van der Waals surface area contributed by atoms with E-state index in [-0.39, 0.29) is 1.43 Å². The first-order valence-corrected chi connectivity index (χ1v) is 28.1. The molecular formula is C56H37BF48O8. The number of halogens is 48. The molecule has 0 aliphatic rings. The Hall–Kier alpha value is -6.74. The maximum absolute atomic E-state index is 15.9. The van der Waals surface area contributed by atoms with Gasteiger partial charge < -0.3 is 37.9 Å². The average Bonchev–Trinajstić information content (AvgIpc) is 0.677. The monoisotopic (exact) mass is 1760 g/mol. The third-order valence-electron chi connectivity index (χ3n) is 17.9. The maximum atomic E-state index is 15.9. The summed E-state index contributed by atoms with van der Waals surface area (Å²) in [6.45, 7) is 0. The molecule has 0 aliphatic carbocycles.